The summed E-state index contributed by atoms with van der Waals surface area (Å²) >= 11 is 7.41. The fraction of sp³-hybridized carbons (Fsp3) is 0.286. The minimum absolute atomic E-state index is 0.00712. The number of nitrogens with two attached hydrogens (primary N) is 1. The van der Waals surface area contributed by atoms with Gasteiger partial charge in [-0.15, -0.1) is 11.3 Å². The molecule has 1 unspecified atom stereocenters. The van der Waals surface area contributed by atoms with Crippen molar-refractivity contribution in [3.63, 3.8) is 0 Å². The second kappa shape index (κ2) is 6.23. The molecule has 0 saturated carbocycles. The Balaban J connectivity index is 1.82. The Hall–Kier alpha value is -1.03. The van der Waals surface area contributed by atoms with E-state index in [9.17, 15) is 0 Å². The molecule has 0 aliphatic carbocycles. The van der Waals surface area contributed by atoms with Gasteiger partial charge < -0.3 is 10.5 Å². The van der Waals surface area contributed by atoms with Gasteiger partial charge in [0.15, 0.2) is 0 Å². The van der Waals surface area contributed by atoms with E-state index >= 15 is 0 Å². The molecular weight excluding hydrogens is 266 g/mol. The van der Waals surface area contributed by atoms with Gasteiger partial charge in [0, 0.05) is 17.3 Å². The largest absolute Gasteiger partial charge is 0.494 e. The summed E-state index contributed by atoms with van der Waals surface area (Å²) < 4.78 is 6.46. The second-order valence-corrected chi connectivity index (χ2v) is 5.95. The summed E-state index contributed by atoms with van der Waals surface area (Å²) in [5.41, 5.74) is 7.27. The molecule has 0 amide bonds. The van der Waals surface area contributed by atoms with Gasteiger partial charge in [-0.1, -0.05) is 23.7 Å². The smallest absolute Gasteiger partial charge is 0.119 e. The predicted octanol–water partition coefficient (Wildman–Crippen LogP) is 4.18. The van der Waals surface area contributed by atoms with Crippen molar-refractivity contribution in [3.8, 4) is 5.75 Å². The molecule has 1 atom stereocenters. The van der Waals surface area contributed by atoms with E-state index in [4.69, 9.17) is 22.1 Å². The molecule has 0 aliphatic heterocycles. The minimum Gasteiger partial charge on any atom is -0.494 e. The van der Waals surface area contributed by atoms with Gasteiger partial charge in [0.05, 0.1) is 10.9 Å². The molecule has 2 rings (SSSR count). The van der Waals surface area contributed by atoms with Crippen LogP contribution >= 0.6 is 22.9 Å². The number of thiophene rings is 1. The van der Waals surface area contributed by atoms with Crippen molar-refractivity contribution in [1.82, 2.24) is 0 Å². The molecule has 1 heterocycles. The molecule has 0 fully saturated rings. The molecule has 2 N–H and O–H groups in total. The number of ether oxygens (including phenoxy) is 1. The highest BCUT2D eigenvalue weighted by atomic mass is 35.5. The maximum Gasteiger partial charge on any atom is 0.119 e. The van der Waals surface area contributed by atoms with E-state index in [1.807, 2.05) is 43.3 Å². The first kappa shape index (κ1) is 13.4. The molecular formula is C14H16ClNOS. The monoisotopic (exact) mass is 281 g/mol. The Labute approximate surface area is 116 Å². The van der Waals surface area contributed by atoms with Crippen molar-refractivity contribution in [2.75, 3.05) is 6.61 Å². The summed E-state index contributed by atoms with van der Waals surface area (Å²) in [6.45, 7) is 2.66. The van der Waals surface area contributed by atoms with Crippen LogP contribution in [0.5, 0.6) is 5.75 Å². The molecule has 0 spiro atoms. The predicted molar refractivity (Wildman–Crippen MR) is 77.5 cm³/mol. The number of halogens is 1. The highest BCUT2D eigenvalue weighted by Crippen LogP contribution is 2.27. The van der Waals surface area contributed by atoms with Crippen LogP contribution in [-0.2, 0) is 0 Å². The highest BCUT2D eigenvalue weighted by Gasteiger charge is 2.08. The maximum absolute atomic E-state index is 6.07. The van der Waals surface area contributed by atoms with Crippen LogP contribution in [-0.4, -0.2) is 6.61 Å². The molecule has 0 saturated heterocycles. The zero-order chi connectivity index (χ0) is 13.0. The lowest BCUT2D eigenvalue weighted by atomic mass is 10.2. The van der Waals surface area contributed by atoms with Crippen molar-refractivity contribution >= 4 is 22.9 Å². The lowest BCUT2D eigenvalue weighted by molar-refractivity contribution is 0.299. The van der Waals surface area contributed by atoms with Crippen molar-refractivity contribution in [1.29, 1.82) is 0 Å². The molecule has 0 radical (unpaired) electrons. The average molecular weight is 282 g/mol. The van der Waals surface area contributed by atoms with E-state index in [-0.39, 0.29) is 6.04 Å². The quantitative estimate of drug-likeness (QED) is 0.892. The number of aryl methyl sites for hydroxylation is 1. The summed E-state index contributed by atoms with van der Waals surface area (Å²) in [6, 6.07) is 11.9. The average Bonchev–Trinajstić information content (AvgIpc) is 2.76. The Bertz CT molecular complexity index is 512. The van der Waals surface area contributed by atoms with Crippen molar-refractivity contribution < 1.29 is 4.74 Å². The standard InChI is InChI=1S/C14H16ClNOS/c1-10-3-2-4-11(9-10)17-8-7-12(16)13-5-6-14(15)18-13/h2-6,9,12H,7-8,16H2,1H3. The number of rotatable bonds is 5. The third kappa shape index (κ3) is 3.73. The number of benzene rings is 1. The Kier molecular flexibility index (Phi) is 4.64. The molecule has 18 heavy (non-hydrogen) atoms. The first-order chi connectivity index (χ1) is 8.65. The van der Waals surface area contributed by atoms with Gasteiger partial charge >= 0.3 is 0 Å². The third-order valence-corrected chi connectivity index (χ3v) is 4.01. The summed E-state index contributed by atoms with van der Waals surface area (Å²) in [4.78, 5) is 1.10. The number of hydrogen-bond acceptors (Lipinski definition) is 3. The second-order valence-electron chi connectivity index (χ2n) is 4.20. The lowest BCUT2D eigenvalue weighted by Crippen LogP contribution is -2.12. The van der Waals surface area contributed by atoms with Crippen LogP contribution < -0.4 is 10.5 Å². The first-order valence-corrected chi connectivity index (χ1v) is 7.05. The van der Waals surface area contributed by atoms with Gasteiger partial charge in [-0.3, -0.25) is 0 Å². The van der Waals surface area contributed by atoms with Crippen LogP contribution in [0.15, 0.2) is 36.4 Å². The van der Waals surface area contributed by atoms with Crippen LogP contribution in [0.3, 0.4) is 0 Å². The normalized spacial score (nSPS) is 12.4. The summed E-state index contributed by atoms with van der Waals surface area (Å²) in [6.07, 6.45) is 0.783. The SMILES string of the molecule is Cc1cccc(OCCC(N)c2ccc(Cl)s2)c1. The zero-order valence-corrected chi connectivity index (χ0v) is 11.8. The fourth-order valence-electron chi connectivity index (χ4n) is 1.68. The van der Waals surface area contributed by atoms with E-state index in [0.717, 1.165) is 21.4 Å². The van der Waals surface area contributed by atoms with Crippen molar-refractivity contribution in [2.24, 2.45) is 5.73 Å². The van der Waals surface area contributed by atoms with E-state index in [0.29, 0.717) is 6.61 Å². The van der Waals surface area contributed by atoms with Crippen molar-refractivity contribution in [2.45, 2.75) is 19.4 Å². The maximum atomic E-state index is 6.07. The topological polar surface area (TPSA) is 35.2 Å². The molecule has 96 valence electrons. The molecule has 4 heteroatoms. The Morgan fingerprint density at radius 1 is 1.33 bits per heavy atom. The van der Waals surface area contributed by atoms with Crippen LogP contribution in [0.1, 0.15) is 22.9 Å². The summed E-state index contributed by atoms with van der Waals surface area (Å²) in [5.74, 6) is 0.895. The van der Waals surface area contributed by atoms with Gasteiger partial charge in [-0.25, -0.2) is 0 Å². The minimum atomic E-state index is -0.00712. The first-order valence-electron chi connectivity index (χ1n) is 5.85. The van der Waals surface area contributed by atoms with E-state index in [1.54, 1.807) is 0 Å². The molecule has 2 nitrogen and oxygen atoms in total. The van der Waals surface area contributed by atoms with E-state index < -0.39 is 0 Å². The van der Waals surface area contributed by atoms with E-state index in [1.165, 1.54) is 16.9 Å². The molecule has 1 aromatic heterocycles. The van der Waals surface area contributed by atoms with Crippen LogP contribution in [0, 0.1) is 6.92 Å². The third-order valence-electron chi connectivity index (χ3n) is 2.65. The molecule has 2 aromatic rings. The number of hydrogen-bond donors (Lipinski definition) is 1. The Morgan fingerprint density at radius 3 is 2.83 bits per heavy atom. The summed E-state index contributed by atoms with van der Waals surface area (Å²) in [7, 11) is 0. The van der Waals surface area contributed by atoms with Crippen LogP contribution in [0.25, 0.3) is 0 Å². The lowest BCUT2D eigenvalue weighted by Gasteiger charge is -2.11. The fourth-order valence-corrected chi connectivity index (χ4v) is 2.78. The van der Waals surface area contributed by atoms with Gasteiger partial charge in [0.25, 0.3) is 0 Å². The van der Waals surface area contributed by atoms with Crippen LogP contribution in [0.2, 0.25) is 4.34 Å². The Morgan fingerprint density at radius 2 is 2.17 bits per heavy atom. The van der Waals surface area contributed by atoms with Gasteiger partial charge in [-0.2, -0.15) is 0 Å². The zero-order valence-electron chi connectivity index (χ0n) is 10.2. The van der Waals surface area contributed by atoms with Crippen molar-refractivity contribution in [3.05, 3.63) is 51.2 Å². The van der Waals surface area contributed by atoms with Gasteiger partial charge in [-0.05, 0) is 36.8 Å². The summed E-state index contributed by atoms with van der Waals surface area (Å²) in [5, 5.41) is 0. The van der Waals surface area contributed by atoms with Gasteiger partial charge in [0.2, 0.25) is 0 Å². The molecule has 0 bridgehead atoms. The van der Waals surface area contributed by atoms with Gasteiger partial charge in [0.1, 0.15) is 5.75 Å². The molecule has 1 aromatic carbocycles. The van der Waals surface area contributed by atoms with E-state index in [2.05, 4.69) is 0 Å². The highest BCUT2D eigenvalue weighted by molar-refractivity contribution is 7.16. The van der Waals surface area contributed by atoms with Crippen LogP contribution in [0.4, 0.5) is 0 Å². The molecule has 0 aliphatic rings.